The van der Waals surface area contributed by atoms with Gasteiger partial charge in [-0.25, -0.2) is 4.98 Å². The molecule has 0 spiro atoms. The summed E-state index contributed by atoms with van der Waals surface area (Å²) in [4.78, 5) is 30.0. The monoisotopic (exact) mass is 427 g/mol. The van der Waals surface area contributed by atoms with E-state index in [9.17, 15) is 9.59 Å². The summed E-state index contributed by atoms with van der Waals surface area (Å²) in [6.45, 7) is 1.70. The predicted molar refractivity (Wildman–Crippen MR) is 116 cm³/mol. The number of hydrogen-bond acceptors (Lipinski definition) is 5. The molecule has 0 radical (unpaired) electrons. The summed E-state index contributed by atoms with van der Waals surface area (Å²) in [5, 5.41) is 3.29. The van der Waals surface area contributed by atoms with E-state index in [-0.39, 0.29) is 18.0 Å². The normalized spacial score (nSPS) is 10.5. The highest BCUT2D eigenvalue weighted by atomic mass is 35.5. The predicted octanol–water partition coefficient (Wildman–Crippen LogP) is 3.78. The number of aromatic nitrogens is 2. The van der Waals surface area contributed by atoms with Crippen LogP contribution in [-0.4, -0.2) is 29.7 Å². The van der Waals surface area contributed by atoms with E-state index in [2.05, 4.69) is 10.3 Å². The van der Waals surface area contributed by atoms with Gasteiger partial charge < -0.3 is 14.8 Å². The van der Waals surface area contributed by atoms with Crippen LogP contribution in [-0.2, 0) is 17.8 Å². The van der Waals surface area contributed by atoms with Crippen LogP contribution < -0.4 is 20.3 Å². The lowest BCUT2D eigenvalue weighted by Crippen LogP contribution is -2.30. The topological polar surface area (TPSA) is 82.5 Å². The number of rotatable bonds is 7. The Labute approximate surface area is 179 Å². The summed E-state index contributed by atoms with van der Waals surface area (Å²) in [7, 11) is 3.05. The average molecular weight is 428 g/mol. The molecule has 3 aromatic rings. The molecule has 30 heavy (non-hydrogen) atoms. The van der Waals surface area contributed by atoms with Crippen LogP contribution in [0.4, 0.5) is 5.69 Å². The summed E-state index contributed by atoms with van der Waals surface area (Å²) in [5.41, 5.74) is 1.48. The van der Waals surface area contributed by atoms with Crippen LogP contribution in [0.2, 0.25) is 5.02 Å². The molecule has 8 heteroatoms. The van der Waals surface area contributed by atoms with Gasteiger partial charge in [-0.15, -0.1) is 0 Å². The molecule has 156 valence electrons. The number of ether oxygens (including phenoxy) is 2. The van der Waals surface area contributed by atoms with Crippen molar-refractivity contribution in [2.24, 2.45) is 0 Å². The van der Waals surface area contributed by atoms with Gasteiger partial charge in [-0.3, -0.25) is 14.2 Å². The van der Waals surface area contributed by atoms with Gasteiger partial charge in [0.05, 0.1) is 14.2 Å². The summed E-state index contributed by atoms with van der Waals surface area (Å²) in [5.74, 6) is 1.08. The van der Waals surface area contributed by atoms with E-state index in [4.69, 9.17) is 21.1 Å². The molecule has 1 amide bonds. The standard InChI is InChI=1S/C22H22ClN3O4/c1-4-16-11-21(28)26(22(25-16)14-6-5-7-15(23)8-14)13-20(27)24-17-9-18(29-2)12-19(10-17)30-3/h5-12H,4,13H2,1-3H3,(H,24,27). The Morgan fingerprint density at radius 1 is 1.10 bits per heavy atom. The number of amides is 1. The molecule has 0 bridgehead atoms. The second kappa shape index (κ2) is 9.45. The van der Waals surface area contributed by atoms with E-state index in [1.165, 1.54) is 24.9 Å². The van der Waals surface area contributed by atoms with Crippen LogP contribution in [0.5, 0.6) is 11.5 Å². The van der Waals surface area contributed by atoms with E-state index < -0.39 is 0 Å². The molecule has 3 rings (SSSR count). The van der Waals surface area contributed by atoms with E-state index in [1.807, 2.05) is 6.92 Å². The van der Waals surface area contributed by atoms with Crippen LogP contribution in [0.3, 0.4) is 0 Å². The Kier molecular flexibility index (Phi) is 6.74. The number of carbonyl (C=O) groups is 1. The van der Waals surface area contributed by atoms with Crippen molar-refractivity contribution in [3.05, 3.63) is 69.6 Å². The number of nitrogens with zero attached hydrogens (tertiary/aromatic N) is 2. The smallest absolute Gasteiger partial charge is 0.254 e. The molecule has 1 aromatic heterocycles. The van der Waals surface area contributed by atoms with Crippen LogP contribution in [0.25, 0.3) is 11.4 Å². The van der Waals surface area contributed by atoms with Gasteiger partial charge in [0, 0.05) is 46.2 Å². The van der Waals surface area contributed by atoms with Crippen molar-refractivity contribution >= 4 is 23.2 Å². The number of methoxy groups -OCH3 is 2. The lowest BCUT2D eigenvalue weighted by Gasteiger charge is -2.14. The Balaban J connectivity index is 1.94. The van der Waals surface area contributed by atoms with Crippen molar-refractivity contribution in [2.45, 2.75) is 19.9 Å². The molecule has 0 aliphatic heterocycles. The number of anilines is 1. The van der Waals surface area contributed by atoms with Gasteiger partial charge in [-0.1, -0.05) is 30.7 Å². The van der Waals surface area contributed by atoms with Crippen molar-refractivity contribution in [1.82, 2.24) is 9.55 Å². The minimum absolute atomic E-state index is 0.211. The first kappa shape index (κ1) is 21.4. The third-order valence-electron chi connectivity index (χ3n) is 4.44. The lowest BCUT2D eigenvalue weighted by atomic mass is 10.2. The van der Waals surface area contributed by atoms with Crippen LogP contribution in [0.1, 0.15) is 12.6 Å². The highest BCUT2D eigenvalue weighted by molar-refractivity contribution is 6.30. The van der Waals surface area contributed by atoms with E-state index in [0.717, 1.165) is 0 Å². The summed E-state index contributed by atoms with van der Waals surface area (Å²) in [6.07, 6.45) is 0.597. The summed E-state index contributed by atoms with van der Waals surface area (Å²) < 4.78 is 11.8. The number of nitrogens with one attached hydrogen (secondary N) is 1. The first-order valence-electron chi connectivity index (χ1n) is 9.33. The fourth-order valence-electron chi connectivity index (χ4n) is 2.96. The fraction of sp³-hybridized carbons (Fsp3) is 0.227. The van der Waals surface area contributed by atoms with Gasteiger partial charge in [0.2, 0.25) is 5.91 Å². The zero-order valence-electron chi connectivity index (χ0n) is 16.9. The molecule has 0 aliphatic rings. The molecule has 1 heterocycles. The lowest BCUT2D eigenvalue weighted by molar-refractivity contribution is -0.116. The van der Waals surface area contributed by atoms with E-state index >= 15 is 0 Å². The molecular formula is C22H22ClN3O4. The Morgan fingerprint density at radius 2 is 1.80 bits per heavy atom. The highest BCUT2D eigenvalue weighted by Gasteiger charge is 2.15. The molecular weight excluding hydrogens is 406 g/mol. The number of benzene rings is 2. The second-order valence-corrected chi connectivity index (χ2v) is 6.95. The van der Waals surface area contributed by atoms with Crippen molar-refractivity contribution in [1.29, 1.82) is 0 Å². The van der Waals surface area contributed by atoms with Crippen molar-refractivity contribution in [3.8, 4) is 22.9 Å². The number of halogens is 1. The molecule has 2 aromatic carbocycles. The first-order chi connectivity index (χ1) is 14.4. The van der Waals surface area contributed by atoms with Gasteiger partial charge in [-0.05, 0) is 18.6 Å². The molecule has 0 saturated heterocycles. The molecule has 0 atom stereocenters. The number of aryl methyl sites for hydroxylation is 1. The molecule has 0 fully saturated rings. The zero-order valence-corrected chi connectivity index (χ0v) is 17.7. The molecule has 0 aliphatic carbocycles. The van der Waals surface area contributed by atoms with Crippen LogP contribution in [0.15, 0.2) is 53.3 Å². The van der Waals surface area contributed by atoms with Crippen molar-refractivity contribution in [2.75, 3.05) is 19.5 Å². The van der Waals surface area contributed by atoms with Gasteiger partial charge in [0.15, 0.2) is 0 Å². The average Bonchev–Trinajstić information content (AvgIpc) is 2.74. The Bertz CT molecular complexity index is 1110. The summed E-state index contributed by atoms with van der Waals surface area (Å²) in [6, 6.07) is 13.5. The molecule has 1 N–H and O–H groups in total. The first-order valence-corrected chi connectivity index (χ1v) is 9.71. The quantitative estimate of drug-likeness (QED) is 0.620. The minimum Gasteiger partial charge on any atom is -0.497 e. The van der Waals surface area contributed by atoms with Gasteiger partial charge >= 0.3 is 0 Å². The fourth-order valence-corrected chi connectivity index (χ4v) is 3.15. The van der Waals surface area contributed by atoms with Crippen molar-refractivity contribution < 1.29 is 14.3 Å². The second-order valence-electron chi connectivity index (χ2n) is 6.51. The molecule has 0 unspecified atom stereocenters. The maximum Gasteiger partial charge on any atom is 0.254 e. The van der Waals surface area contributed by atoms with Gasteiger partial charge in [0.1, 0.15) is 23.9 Å². The minimum atomic E-state index is -0.387. The van der Waals surface area contributed by atoms with E-state index in [0.29, 0.717) is 45.7 Å². The maximum absolute atomic E-state index is 12.7. The Hall–Kier alpha value is -3.32. The Morgan fingerprint density at radius 3 is 2.40 bits per heavy atom. The van der Waals surface area contributed by atoms with Gasteiger partial charge in [0.25, 0.3) is 5.56 Å². The SMILES string of the molecule is CCc1cc(=O)n(CC(=O)Nc2cc(OC)cc(OC)c2)c(-c2cccc(Cl)c2)n1. The molecule has 0 saturated carbocycles. The van der Waals surface area contributed by atoms with Crippen molar-refractivity contribution in [3.63, 3.8) is 0 Å². The third-order valence-corrected chi connectivity index (χ3v) is 4.68. The zero-order chi connectivity index (χ0) is 21.7. The van der Waals surface area contributed by atoms with E-state index in [1.54, 1.807) is 42.5 Å². The maximum atomic E-state index is 12.7. The van der Waals surface area contributed by atoms with Crippen LogP contribution >= 0.6 is 11.6 Å². The highest BCUT2D eigenvalue weighted by Crippen LogP contribution is 2.26. The molecule has 7 nitrogen and oxygen atoms in total. The largest absolute Gasteiger partial charge is 0.497 e. The van der Waals surface area contributed by atoms with Crippen LogP contribution in [0, 0.1) is 0 Å². The number of hydrogen-bond donors (Lipinski definition) is 1. The third kappa shape index (κ3) is 4.99. The van der Waals surface area contributed by atoms with Gasteiger partial charge in [-0.2, -0.15) is 0 Å². The summed E-state index contributed by atoms with van der Waals surface area (Å²) >= 11 is 6.11. The number of carbonyl (C=O) groups excluding carboxylic acids is 1.